The van der Waals surface area contributed by atoms with E-state index in [4.69, 9.17) is 14.6 Å². The smallest absolute Gasteiger partial charge is 0.326 e. The predicted molar refractivity (Wildman–Crippen MR) is 122 cm³/mol. The van der Waals surface area contributed by atoms with Gasteiger partial charge in [-0.25, -0.2) is 4.79 Å². The van der Waals surface area contributed by atoms with Crippen LogP contribution in [0.2, 0.25) is 0 Å². The molecule has 0 fully saturated rings. The molecular weight excluding hydrogens is 432 g/mol. The average Bonchev–Trinajstić information content (AvgIpc) is 2.77. The third-order valence-corrected chi connectivity index (χ3v) is 5.10. The lowest BCUT2D eigenvalue weighted by atomic mass is 10.0. The maximum absolute atomic E-state index is 11.9. The van der Waals surface area contributed by atoms with Crippen LogP contribution in [0.3, 0.4) is 0 Å². The fourth-order valence-electron chi connectivity index (χ4n) is 2.80. The van der Waals surface area contributed by atoms with E-state index in [0.717, 1.165) is 19.3 Å². The van der Waals surface area contributed by atoms with Gasteiger partial charge in [0.1, 0.15) is 24.2 Å². The minimum Gasteiger partial charge on any atom is -0.480 e. The first-order valence-electron chi connectivity index (χ1n) is 11.6. The number of carbonyl (C=O) groups is 5. The molecule has 0 heterocycles. The standard InChI is InChI=1S/C23H40N2O8/c1-4-21(28)25-20(23(30)31)11-10-19(27)9-7-13-32-14-15-33-16-22(29)24-12-6-5-8-17(2)18(3)26/h17,20H,4-16H2,1-3H3,(H,24,29)(H,25,28)(H,30,31)/t17-,20?/m0/s1. The summed E-state index contributed by atoms with van der Waals surface area (Å²) in [6, 6.07) is -1.05. The number of unbranched alkanes of at least 4 members (excludes halogenated alkanes) is 1. The molecule has 0 aromatic heterocycles. The van der Waals surface area contributed by atoms with Crippen LogP contribution in [0.25, 0.3) is 0 Å². The SMILES string of the molecule is CCC(=O)NC(CCC(=O)CCCOCCOCC(=O)NCCCC[C@H](C)C(C)=O)C(=O)O. The summed E-state index contributed by atoms with van der Waals surface area (Å²) in [6.45, 7) is 6.54. The number of amides is 2. The third-order valence-electron chi connectivity index (χ3n) is 5.10. The molecule has 0 saturated heterocycles. The lowest BCUT2D eigenvalue weighted by molar-refractivity contribution is -0.142. The Kier molecular flexibility index (Phi) is 17.8. The van der Waals surface area contributed by atoms with Crippen molar-refractivity contribution in [2.75, 3.05) is 33.0 Å². The Bertz CT molecular complexity index is 624. The molecule has 10 heteroatoms. The van der Waals surface area contributed by atoms with Crippen molar-refractivity contribution < 1.29 is 38.6 Å². The van der Waals surface area contributed by atoms with E-state index in [1.54, 1.807) is 13.8 Å². The number of ether oxygens (including phenoxy) is 2. The molecule has 0 rings (SSSR count). The number of nitrogens with one attached hydrogen (secondary N) is 2. The fraction of sp³-hybridized carbons (Fsp3) is 0.783. The second-order valence-corrected chi connectivity index (χ2v) is 8.02. The van der Waals surface area contributed by atoms with Gasteiger partial charge in [0.25, 0.3) is 0 Å². The zero-order valence-corrected chi connectivity index (χ0v) is 20.2. The first-order valence-corrected chi connectivity index (χ1v) is 11.6. The molecule has 0 aromatic rings. The minimum absolute atomic E-state index is 0.0506. The third kappa shape index (κ3) is 17.9. The van der Waals surface area contributed by atoms with Crippen LogP contribution in [0.15, 0.2) is 0 Å². The highest BCUT2D eigenvalue weighted by Crippen LogP contribution is 2.08. The Morgan fingerprint density at radius 2 is 1.58 bits per heavy atom. The van der Waals surface area contributed by atoms with Gasteiger partial charge in [-0.2, -0.15) is 0 Å². The van der Waals surface area contributed by atoms with Crippen molar-refractivity contribution in [1.82, 2.24) is 10.6 Å². The highest BCUT2D eigenvalue weighted by molar-refractivity contribution is 5.84. The van der Waals surface area contributed by atoms with Gasteiger partial charge in [0.2, 0.25) is 11.8 Å². The van der Waals surface area contributed by atoms with E-state index in [9.17, 15) is 24.0 Å². The molecule has 3 N–H and O–H groups in total. The zero-order chi connectivity index (χ0) is 25.1. The van der Waals surface area contributed by atoms with Crippen LogP contribution in [0.5, 0.6) is 0 Å². The summed E-state index contributed by atoms with van der Waals surface area (Å²) >= 11 is 0. The lowest BCUT2D eigenvalue weighted by Crippen LogP contribution is -2.40. The Morgan fingerprint density at radius 3 is 2.21 bits per heavy atom. The van der Waals surface area contributed by atoms with Gasteiger partial charge >= 0.3 is 5.97 Å². The number of carbonyl (C=O) groups excluding carboxylic acids is 4. The number of ketones is 2. The van der Waals surface area contributed by atoms with Gasteiger partial charge in [-0.3, -0.25) is 19.2 Å². The van der Waals surface area contributed by atoms with Crippen LogP contribution in [-0.2, 0) is 33.4 Å². The van der Waals surface area contributed by atoms with Crippen LogP contribution >= 0.6 is 0 Å². The van der Waals surface area contributed by atoms with Crippen molar-refractivity contribution in [2.24, 2.45) is 5.92 Å². The Morgan fingerprint density at radius 1 is 0.879 bits per heavy atom. The van der Waals surface area contributed by atoms with Crippen LogP contribution in [0, 0.1) is 5.92 Å². The van der Waals surface area contributed by atoms with Gasteiger partial charge in [0, 0.05) is 38.3 Å². The van der Waals surface area contributed by atoms with E-state index in [-0.39, 0.29) is 68.2 Å². The topological polar surface area (TPSA) is 148 Å². The van der Waals surface area contributed by atoms with E-state index in [1.807, 2.05) is 6.92 Å². The average molecular weight is 473 g/mol. The maximum Gasteiger partial charge on any atom is 0.326 e. The first-order chi connectivity index (χ1) is 15.7. The summed E-state index contributed by atoms with van der Waals surface area (Å²) in [5.74, 6) is -1.55. The largest absolute Gasteiger partial charge is 0.480 e. The number of hydrogen-bond acceptors (Lipinski definition) is 7. The number of carboxylic acid groups (broad SMARTS) is 1. The number of hydrogen-bond donors (Lipinski definition) is 3. The second-order valence-electron chi connectivity index (χ2n) is 8.02. The fourth-order valence-corrected chi connectivity index (χ4v) is 2.80. The van der Waals surface area contributed by atoms with Crippen molar-refractivity contribution >= 4 is 29.4 Å². The van der Waals surface area contributed by atoms with E-state index >= 15 is 0 Å². The second kappa shape index (κ2) is 19.2. The van der Waals surface area contributed by atoms with E-state index in [0.29, 0.717) is 26.2 Å². The van der Waals surface area contributed by atoms with Gasteiger partial charge in [-0.1, -0.05) is 20.3 Å². The minimum atomic E-state index is -1.15. The monoisotopic (exact) mass is 472 g/mol. The van der Waals surface area contributed by atoms with Gasteiger partial charge < -0.3 is 25.2 Å². The van der Waals surface area contributed by atoms with Gasteiger partial charge in [0.15, 0.2) is 0 Å². The van der Waals surface area contributed by atoms with Gasteiger partial charge in [-0.15, -0.1) is 0 Å². The molecule has 2 atom stereocenters. The molecular formula is C23H40N2O8. The molecule has 0 aromatic carbocycles. The highest BCUT2D eigenvalue weighted by Gasteiger charge is 2.20. The van der Waals surface area contributed by atoms with Crippen LogP contribution in [0.4, 0.5) is 0 Å². The molecule has 0 radical (unpaired) electrons. The molecule has 33 heavy (non-hydrogen) atoms. The molecule has 0 aliphatic carbocycles. The van der Waals surface area contributed by atoms with Crippen molar-refractivity contribution in [2.45, 2.75) is 78.2 Å². The molecule has 2 amide bonds. The highest BCUT2D eigenvalue weighted by atomic mass is 16.5. The van der Waals surface area contributed by atoms with Crippen molar-refractivity contribution in [3.05, 3.63) is 0 Å². The van der Waals surface area contributed by atoms with Gasteiger partial charge in [-0.05, 0) is 32.6 Å². The normalized spacial score (nSPS) is 12.6. The summed E-state index contributed by atoms with van der Waals surface area (Å²) in [5.41, 5.74) is 0. The summed E-state index contributed by atoms with van der Waals surface area (Å²) in [6.07, 6.45) is 3.62. The quantitative estimate of drug-likeness (QED) is 0.214. The van der Waals surface area contributed by atoms with Gasteiger partial charge in [0.05, 0.1) is 13.2 Å². The van der Waals surface area contributed by atoms with E-state index < -0.39 is 12.0 Å². The van der Waals surface area contributed by atoms with Crippen molar-refractivity contribution in [3.63, 3.8) is 0 Å². The Hall–Kier alpha value is -2.33. The first kappa shape index (κ1) is 30.7. The van der Waals surface area contributed by atoms with E-state index in [2.05, 4.69) is 10.6 Å². The van der Waals surface area contributed by atoms with Crippen molar-refractivity contribution in [3.8, 4) is 0 Å². The summed E-state index contributed by atoms with van der Waals surface area (Å²) in [5, 5.41) is 14.2. The summed E-state index contributed by atoms with van der Waals surface area (Å²) in [4.78, 5) is 57.1. The molecule has 1 unspecified atom stereocenters. The lowest BCUT2D eigenvalue weighted by Gasteiger charge is -2.13. The molecule has 0 saturated carbocycles. The number of rotatable bonds is 21. The summed E-state index contributed by atoms with van der Waals surface area (Å²) < 4.78 is 10.6. The molecule has 0 aliphatic rings. The van der Waals surface area contributed by atoms with Crippen LogP contribution in [0.1, 0.15) is 72.1 Å². The molecule has 0 aliphatic heterocycles. The molecule has 10 nitrogen and oxygen atoms in total. The zero-order valence-electron chi connectivity index (χ0n) is 20.2. The maximum atomic E-state index is 11.9. The number of carboxylic acids is 1. The number of Topliss-reactive ketones (excluding diaryl/α,β-unsaturated/α-hetero) is 2. The Labute approximate surface area is 196 Å². The number of aliphatic carboxylic acids is 1. The molecule has 0 bridgehead atoms. The molecule has 190 valence electrons. The van der Waals surface area contributed by atoms with Crippen LogP contribution < -0.4 is 10.6 Å². The van der Waals surface area contributed by atoms with E-state index in [1.165, 1.54) is 0 Å². The Balaban J connectivity index is 3.63. The molecule has 0 spiro atoms. The predicted octanol–water partition coefficient (Wildman–Crippen LogP) is 1.64. The van der Waals surface area contributed by atoms with Crippen molar-refractivity contribution in [1.29, 1.82) is 0 Å². The summed E-state index contributed by atoms with van der Waals surface area (Å²) in [7, 11) is 0. The van der Waals surface area contributed by atoms with Crippen LogP contribution in [-0.4, -0.2) is 73.5 Å².